The smallest absolute Gasteiger partial charge is 0.374 e. The maximum atomic E-state index is 13.1. The molecule has 1 N–H and O–H groups in total. The Morgan fingerprint density at radius 3 is 2.70 bits per heavy atom. The second-order valence-electron chi connectivity index (χ2n) is 5.32. The number of rotatable bonds is 4. The molecular weight excluding hydrogens is 274 g/mol. The fourth-order valence-corrected chi connectivity index (χ4v) is 2.35. The van der Waals surface area contributed by atoms with Crippen LogP contribution in [0.1, 0.15) is 30.9 Å². The first kappa shape index (κ1) is 15.3. The summed E-state index contributed by atoms with van der Waals surface area (Å²) in [6.45, 7) is 3.50. The van der Waals surface area contributed by atoms with Crippen LogP contribution in [0.2, 0.25) is 0 Å². The molecule has 0 amide bonds. The lowest BCUT2D eigenvalue weighted by atomic mass is 10.0. The van der Waals surface area contributed by atoms with Gasteiger partial charge in [0.1, 0.15) is 5.82 Å². The molecule has 1 aliphatic heterocycles. The van der Waals surface area contributed by atoms with Crippen LogP contribution in [0.5, 0.6) is 0 Å². The Kier molecular flexibility index (Phi) is 4.34. The Bertz CT molecular complexity index is 467. The van der Waals surface area contributed by atoms with Crippen LogP contribution in [0.15, 0.2) is 18.2 Å². The maximum absolute atomic E-state index is 13.1. The predicted octanol–water partition coefficient (Wildman–Crippen LogP) is 3.50. The summed E-state index contributed by atoms with van der Waals surface area (Å²) >= 11 is 0. The minimum Gasteiger partial charge on any atom is -0.374 e. The first-order chi connectivity index (χ1) is 9.30. The summed E-state index contributed by atoms with van der Waals surface area (Å²) in [7, 11) is 0. The van der Waals surface area contributed by atoms with Crippen LogP contribution in [-0.4, -0.2) is 18.8 Å². The van der Waals surface area contributed by atoms with Gasteiger partial charge < -0.3 is 10.1 Å². The van der Waals surface area contributed by atoms with Gasteiger partial charge in [0.25, 0.3) is 0 Å². The largest absolute Gasteiger partial charge is 0.419 e. The first-order valence-electron chi connectivity index (χ1n) is 6.50. The summed E-state index contributed by atoms with van der Waals surface area (Å²) in [5.41, 5.74) is -1.08. The Hall–Kier alpha value is -1.14. The van der Waals surface area contributed by atoms with Gasteiger partial charge in [-0.1, -0.05) is 6.07 Å². The van der Waals surface area contributed by atoms with E-state index in [1.54, 1.807) is 0 Å². The van der Waals surface area contributed by atoms with Gasteiger partial charge in [0.05, 0.1) is 11.2 Å². The van der Waals surface area contributed by atoms with E-state index in [4.69, 9.17) is 4.74 Å². The van der Waals surface area contributed by atoms with Crippen LogP contribution < -0.4 is 5.32 Å². The highest BCUT2D eigenvalue weighted by Gasteiger charge is 2.34. The van der Waals surface area contributed by atoms with Gasteiger partial charge in [-0.15, -0.1) is 0 Å². The van der Waals surface area contributed by atoms with Crippen LogP contribution in [0.3, 0.4) is 0 Å². The summed E-state index contributed by atoms with van der Waals surface area (Å²) in [5.74, 6) is -1.24. The molecule has 1 unspecified atom stereocenters. The van der Waals surface area contributed by atoms with Gasteiger partial charge in [-0.3, -0.25) is 0 Å². The van der Waals surface area contributed by atoms with E-state index in [0.29, 0.717) is 18.7 Å². The highest BCUT2D eigenvalue weighted by Crippen LogP contribution is 2.32. The summed E-state index contributed by atoms with van der Waals surface area (Å²) in [6.07, 6.45) is -2.75. The van der Waals surface area contributed by atoms with E-state index in [9.17, 15) is 17.6 Å². The number of hydrogen-bond donors (Lipinski definition) is 1. The number of benzene rings is 1. The highest BCUT2D eigenvalue weighted by molar-refractivity contribution is 5.27. The second-order valence-corrected chi connectivity index (χ2v) is 5.32. The number of halogens is 4. The summed E-state index contributed by atoms with van der Waals surface area (Å²) in [5, 5.41) is 3.07. The average Bonchev–Trinajstić information content (AvgIpc) is 2.77. The summed E-state index contributed by atoms with van der Waals surface area (Å²) in [6, 6.07) is 3.06. The van der Waals surface area contributed by atoms with E-state index in [1.807, 2.05) is 6.92 Å². The molecule has 0 aliphatic carbocycles. The standard InChI is InChI=1S/C14H17F4NO/c1-13(5-2-6-20-13)9-19-8-10-3-4-12(15)11(7-10)14(16,17)18/h3-4,7,19H,2,5-6,8-9H2,1H3. The van der Waals surface area contributed by atoms with E-state index < -0.39 is 17.6 Å². The predicted molar refractivity (Wildman–Crippen MR) is 66.7 cm³/mol. The van der Waals surface area contributed by atoms with Gasteiger partial charge in [0.2, 0.25) is 0 Å². The number of nitrogens with one attached hydrogen (secondary N) is 1. The normalized spacial score (nSPS) is 23.2. The molecule has 112 valence electrons. The highest BCUT2D eigenvalue weighted by atomic mass is 19.4. The van der Waals surface area contributed by atoms with Crippen molar-refractivity contribution in [3.8, 4) is 0 Å². The zero-order valence-corrected chi connectivity index (χ0v) is 11.2. The SMILES string of the molecule is CC1(CNCc2ccc(F)c(C(F)(F)F)c2)CCCO1. The Morgan fingerprint density at radius 2 is 2.10 bits per heavy atom. The van der Waals surface area contributed by atoms with Crippen LogP contribution in [-0.2, 0) is 17.5 Å². The molecule has 1 aliphatic rings. The molecule has 2 rings (SSSR count). The minimum atomic E-state index is -4.67. The lowest BCUT2D eigenvalue weighted by molar-refractivity contribution is -0.140. The van der Waals surface area contributed by atoms with Gasteiger partial charge >= 0.3 is 6.18 Å². The molecule has 0 radical (unpaired) electrons. The van der Waals surface area contributed by atoms with Crippen molar-refractivity contribution in [3.05, 3.63) is 35.1 Å². The van der Waals surface area contributed by atoms with E-state index in [-0.39, 0.29) is 12.1 Å². The first-order valence-corrected chi connectivity index (χ1v) is 6.50. The second kappa shape index (κ2) is 5.69. The molecule has 20 heavy (non-hydrogen) atoms. The van der Waals surface area contributed by atoms with Gasteiger partial charge in [0.15, 0.2) is 0 Å². The third-order valence-electron chi connectivity index (χ3n) is 3.46. The van der Waals surface area contributed by atoms with Crippen LogP contribution in [0.4, 0.5) is 17.6 Å². The van der Waals surface area contributed by atoms with Crippen molar-refractivity contribution in [3.63, 3.8) is 0 Å². The zero-order chi connectivity index (χ0) is 14.8. The van der Waals surface area contributed by atoms with Gasteiger partial charge in [0, 0.05) is 19.7 Å². The van der Waals surface area contributed by atoms with E-state index in [0.717, 1.165) is 25.0 Å². The van der Waals surface area contributed by atoms with Gasteiger partial charge in [-0.2, -0.15) is 13.2 Å². The van der Waals surface area contributed by atoms with Crippen LogP contribution >= 0.6 is 0 Å². The summed E-state index contributed by atoms with van der Waals surface area (Å²) < 4.78 is 56.4. The molecule has 1 aromatic rings. The maximum Gasteiger partial charge on any atom is 0.419 e. The average molecular weight is 291 g/mol. The van der Waals surface area contributed by atoms with E-state index >= 15 is 0 Å². The minimum absolute atomic E-state index is 0.252. The Labute approximate surface area is 115 Å². The Balaban J connectivity index is 1.96. The molecule has 0 bridgehead atoms. The quantitative estimate of drug-likeness (QED) is 0.857. The van der Waals surface area contributed by atoms with Crippen molar-refractivity contribution >= 4 is 0 Å². The lowest BCUT2D eigenvalue weighted by Crippen LogP contribution is -2.36. The van der Waals surface area contributed by atoms with Gasteiger partial charge in [-0.25, -0.2) is 4.39 Å². The fourth-order valence-electron chi connectivity index (χ4n) is 2.35. The molecule has 0 aromatic heterocycles. The molecule has 1 aromatic carbocycles. The third-order valence-corrected chi connectivity index (χ3v) is 3.46. The molecule has 0 spiro atoms. The number of alkyl halides is 3. The molecular formula is C14H17F4NO. The molecule has 1 fully saturated rings. The number of ether oxygens (including phenoxy) is 1. The van der Waals surface area contributed by atoms with Crippen molar-refractivity contribution in [2.45, 2.75) is 38.1 Å². The van der Waals surface area contributed by atoms with Crippen molar-refractivity contribution in [1.29, 1.82) is 0 Å². The van der Waals surface area contributed by atoms with Crippen LogP contribution in [0, 0.1) is 5.82 Å². The van der Waals surface area contributed by atoms with E-state index in [2.05, 4.69) is 5.32 Å². The van der Waals surface area contributed by atoms with Crippen molar-refractivity contribution < 1.29 is 22.3 Å². The third kappa shape index (κ3) is 3.70. The Morgan fingerprint density at radius 1 is 1.35 bits per heavy atom. The molecule has 1 saturated heterocycles. The summed E-state index contributed by atoms with van der Waals surface area (Å²) in [4.78, 5) is 0. The molecule has 1 atom stereocenters. The number of hydrogen-bond acceptors (Lipinski definition) is 2. The van der Waals surface area contributed by atoms with E-state index in [1.165, 1.54) is 6.07 Å². The lowest BCUT2D eigenvalue weighted by Gasteiger charge is -2.23. The monoisotopic (exact) mass is 291 g/mol. The fraction of sp³-hybridized carbons (Fsp3) is 0.571. The van der Waals surface area contributed by atoms with Crippen molar-refractivity contribution in [2.75, 3.05) is 13.2 Å². The van der Waals surface area contributed by atoms with Gasteiger partial charge in [-0.05, 0) is 37.5 Å². The molecule has 6 heteroatoms. The van der Waals surface area contributed by atoms with Crippen molar-refractivity contribution in [2.24, 2.45) is 0 Å². The molecule has 0 saturated carbocycles. The van der Waals surface area contributed by atoms with Crippen molar-refractivity contribution in [1.82, 2.24) is 5.32 Å². The molecule has 2 nitrogen and oxygen atoms in total. The van der Waals surface area contributed by atoms with Crippen LogP contribution in [0.25, 0.3) is 0 Å². The molecule has 1 heterocycles. The zero-order valence-electron chi connectivity index (χ0n) is 11.2. The topological polar surface area (TPSA) is 21.3 Å².